The Balaban J connectivity index is 1.70. The molecule has 0 fully saturated rings. The van der Waals surface area contributed by atoms with Crippen molar-refractivity contribution in [3.63, 3.8) is 0 Å². The number of unbranched alkanes of at least 4 members (excludes halogenated alkanes) is 6. The number of carbonyl (C=O) groups excluding carboxylic acids is 1. The maximum atomic E-state index is 14.9. The number of rotatable bonds is 18. The predicted molar refractivity (Wildman–Crippen MR) is 165 cm³/mol. The second-order valence-electron chi connectivity index (χ2n) is 11.3. The van der Waals surface area contributed by atoms with Gasteiger partial charge in [-0.2, -0.15) is 0 Å². The molecule has 0 aliphatic heterocycles. The van der Waals surface area contributed by atoms with Crippen molar-refractivity contribution in [1.82, 2.24) is 9.97 Å². The summed E-state index contributed by atoms with van der Waals surface area (Å²) in [6.07, 6.45) is 6.96. The number of benzene rings is 2. The number of hydrogen-bond acceptors (Lipinski definition) is 5. The van der Waals surface area contributed by atoms with E-state index < -0.39 is 30.1 Å². The van der Waals surface area contributed by atoms with E-state index >= 15 is 0 Å². The molecule has 0 saturated carbocycles. The van der Waals surface area contributed by atoms with Gasteiger partial charge in [0.1, 0.15) is 23.8 Å². The zero-order valence-electron chi connectivity index (χ0n) is 25.8. The van der Waals surface area contributed by atoms with Crippen LogP contribution in [0.15, 0.2) is 60.9 Å². The van der Waals surface area contributed by atoms with Crippen LogP contribution in [-0.4, -0.2) is 40.1 Å². The second kappa shape index (κ2) is 17.0. The Kier molecular flexibility index (Phi) is 13.5. The first kappa shape index (κ1) is 34.1. The number of carbonyl (C=O) groups is 1. The average molecular weight is 599 g/mol. The summed E-state index contributed by atoms with van der Waals surface area (Å²) >= 11 is 0. The fourth-order valence-electron chi connectivity index (χ4n) is 4.80. The highest BCUT2D eigenvalue weighted by molar-refractivity contribution is 5.81. The number of nitrogens with zero attached hydrogens (tertiary/aromatic N) is 2. The highest BCUT2D eigenvalue weighted by Crippen LogP contribution is 2.32. The highest BCUT2D eigenvalue weighted by atomic mass is 19.2. The van der Waals surface area contributed by atoms with Gasteiger partial charge >= 0.3 is 5.97 Å². The minimum atomic E-state index is -2.04. The largest absolute Gasteiger partial charge is 0.487 e. The van der Waals surface area contributed by atoms with Crippen LogP contribution < -0.4 is 9.47 Å². The van der Waals surface area contributed by atoms with Crippen LogP contribution in [-0.2, 0) is 4.79 Å². The minimum Gasteiger partial charge on any atom is -0.487 e. The van der Waals surface area contributed by atoms with Crippen LogP contribution in [0.5, 0.6) is 11.5 Å². The quantitative estimate of drug-likeness (QED) is 0.0829. The number of alkyl halides is 3. The molecule has 1 aromatic heterocycles. The Morgan fingerprint density at radius 1 is 0.860 bits per heavy atom. The molecule has 2 aromatic carbocycles. The first-order valence-corrected chi connectivity index (χ1v) is 15.5. The SMILES string of the molecule is CCCCCCCC(Oc1ccccc1-c1ncc(-c2ccc(OC(=O)C(C)(F)CCCCC)cc2)cn1)C(F)C(C)F. The van der Waals surface area contributed by atoms with E-state index in [4.69, 9.17) is 9.47 Å². The van der Waals surface area contributed by atoms with Crippen molar-refractivity contribution in [2.45, 2.75) is 116 Å². The number of ether oxygens (including phenoxy) is 2. The summed E-state index contributed by atoms with van der Waals surface area (Å²) in [5.41, 5.74) is 0.0397. The lowest BCUT2D eigenvalue weighted by molar-refractivity contribution is -0.147. The molecular weight excluding hydrogens is 553 g/mol. The zero-order chi connectivity index (χ0) is 31.2. The Bertz CT molecular complexity index is 1250. The molecule has 0 bridgehead atoms. The monoisotopic (exact) mass is 598 g/mol. The summed E-state index contributed by atoms with van der Waals surface area (Å²) in [6, 6.07) is 13.8. The van der Waals surface area contributed by atoms with Crippen LogP contribution in [0, 0.1) is 0 Å². The molecule has 1 heterocycles. The maximum absolute atomic E-state index is 14.9. The third kappa shape index (κ3) is 10.4. The van der Waals surface area contributed by atoms with E-state index in [-0.39, 0.29) is 12.2 Å². The third-order valence-corrected chi connectivity index (χ3v) is 7.52. The number of aromatic nitrogens is 2. The number of esters is 1. The lowest BCUT2D eigenvalue weighted by atomic mass is 10.0. The van der Waals surface area contributed by atoms with Crippen molar-refractivity contribution in [2.24, 2.45) is 0 Å². The molecule has 4 unspecified atom stereocenters. The van der Waals surface area contributed by atoms with Gasteiger partial charge in [-0.1, -0.05) is 76.6 Å². The van der Waals surface area contributed by atoms with Gasteiger partial charge in [0.05, 0.1) is 5.56 Å². The van der Waals surface area contributed by atoms with E-state index in [2.05, 4.69) is 16.9 Å². The van der Waals surface area contributed by atoms with Gasteiger partial charge in [-0.25, -0.2) is 27.9 Å². The molecule has 0 saturated heterocycles. The van der Waals surface area contributed by atoms with Gasteiger partial charge in [0.25, 0.3) is 0 Å². The summed E-state index contributed by atoms with van der Waals surface area (Å²) in [6.45, 7) is 6.63. The van der Waals surface area contributed by atoms with Gasteiger partial charge in [-0.15, -0.1) is 0 Å². The van der Waals surface area contributed by atoms with E-state index in [0.717, 1.165) is 56.1 Å². The molecule has 3 rings (SSSR count). The predicted octanol–water partition coefficient (Wildman–Crippen LogP) is 9.83. The van der Waals surface area contributed by atoms with Gasteiger partial charge in [0, 0.05) is 18.0 Å². The molecule has 234 valence electrons. The maximum Gasteiger partial charge on any atom is 0.348 e. The lowest BCUT2D eigenvalue weighted by Crippen LogP contribution is -2.34. The van der Waals surface area contributed by atoms with Crippen LogP contribution in [0.3, 0.4) is 0 Å². The summed E-state index contributed by atoms with van der Waals surface area (Å²) in [5, 5.41) is 0. The van der Waals surface area contributed by atoms with Crippen molar-refractivity contribution < 1.29 is 27.4 Å². The summed E-state index contributed by atoms with van der Waals surface area (Å²) < 4.78 is 55.0. The van der Waals surface area contributed by atoms with Gasteiger partial charge in [-0.3, -0.25) is 0 Å². The van der Waals surface area contributed by atoms with Crippen LogP contribution in [0.1, 0.15) is 91.9 Å². The van der Waals surface area contributed by atoms with E-state index in [1.807, 2.05) is 13.0 Å². The Labute approximate surface area is 254 Å². The van der Waals surface area contributed by atoms with E-state index in [1.165, 1.54) is 13.8 Å². The lowest BCUT2D eigenvalue weighted by Gasteiger charge is -2.24. The van der Waals surface area contributed by atoms with Gasteiger partial charge in [0.15, 0.2) is 12.0 Å². The Hall–Kier alpha value is -3.42. The molecular formula is C35H45F3N2O3. The fourth-order valence-corrected chi connectivity index (χ4v) is 4.80. The van der Waals surface area contributed by atoms with E-state index in [0.29, 0.717) is 30.0 Å². The summed E-state index contributed by atoms with van der Waals surface area (Å²) in [5.74, 6) is 0.146. The molecule has 3 aromatic rings. The molecule has 0 aliphatic rings. The molecule has 0 radical (unpaired) electrons. The van der Waals surface area contributed by atoms with Crippen LogP contribution in [0.25, 0.3) is 22.5 Å². The fraction of sp³-hybridized carbons (Fsp3) is 0.514. The third-order valence-electron chi connectivity index (χ3n) is 7.52. The number of hydrogen-bond donors (Lipinski definition) is 0. The smallest absolute Gasteiger partial charge is 0.348 e. The standard InChI is InChI=1S/C35H45F3N2O3/c1-5-7-9-10-11-17-31(32(37)25(3)36)43-30-16-13-12-15-29(30)33-39-23-27(24-40-33)26-18-20-28(21-19-26)42-34(41)35(4,38)22-14-8-6-2/h12-13,15-16,18-21,23-25,31-32H,5-11,14,17,22H2,1-4H3. The molecule has 0 amide bonds. The molecule has 8 heteroatoms. The normalized spacial score (nSPS) is 14.9. The van der Waals surface area contributed by atoms with Crippen molar-refractivity contribution in [1.29, 1.82) is 0 Å². The van der Waals surface area contributed by atoms with Gasteiger partial charge in [-0.05, 0) is 69.4 Å². The van der Waals surface area contributed by atoms with E-state index in [9.17, 15) is 18.0 Å². The molecule has 0 spiro atoms. The Morgan fingerprint density at radius 3 is 2.14 bits per heavy atom. The van der Waals surface area contributed by atoms with Gasteiger partial charge in [0.2, 0.25) is 5.67 Å². The first-order valence-electron chi connectivity index (χ1n) is 15.5. The Morgan fingerprint density at radius 2 is 1.49 bits per heavy atom. The molecule has 43 heavy (non-hydrogen) atoms. The molecule has 4 atom stereocenters. The van der Waals surface area contributed by atoms with Crippen molar-refractivity contribution in [3.05, 3.63) is 60.9 Å². The van der Waals surface area contributed by atoms with Gasteiger partial charge < -0.3 is 9.47 Å². The molecule has 0 N–H and O–H groups in total. The van der Waals surface area contributed by atoms with Crippen LogP contribution >= 0.6 is 0 Å². The van der Waals surface area contributed by atoms with Crippen molar-refractivity contribution in [3.8, 4) is 34.0 Å². The number of para-hydroxylation sites is 1. The summed E-state index contributed by atoms with van der Waals surface area (Å²) in [4.78, 5) is 21.4. The minimum absolute atomic E-state index is 0.124. The van der Waals surface area contributed by atoms with Crippen molar-refractivity contribution >= 4 is 5.97 Å². The number of halogens is 3. The van der Waals surface area contributed by atoms with Crippen LogP contribution in [0.2, 0.25) is 0 Å². The summed E-state index contributed by atoms with van der Waals surface area (Å²) in [7, 11) is 0. The first-order chi connectivity index (χ1) is 20.7. The highest BCUT2D eigenvalue weighted by Gasteiger charge is 2.34. The molecule has 5 nitrogen and oxygen atoms in total. The second-order valence-corrected chi connectivity index (χ2v) is 11.3. The zero-order valence-corrected chi connectivity index (χ0v) is 25.8. The van der Waals surface area contributed by atoms with E-state index in [1.54, 1.807) is 54.9 Å². The molecule has 0 aliphatic carbocycles. The average Bonchev–Trinajstić information content (AvgIpc) is 3.00. The topological polar surface area (TPSA) is 61.3 Å². The van der Waals surface area contributed by atoms with Crippen LogP contribution in [0.4, 0.5) is 13.2 Å². The van der Waals surface area contributed by atoms with Crippen molar-refractivity contribution in [2.75, 3.05) is 0 Å².